The van der Waals surface area contributed by atoms with E-state index in [1.807, 2.05) is 17.0 Å². The van der Waals surface area contributed by atoms with Crippen molar-refractivity contribution in [1.29, 1.82) is 0 Å². The molecule has 1 heterocycles. The van der Waals surface area contributed by atoms with Gasteiger partial charge in [0.05, 0.1) is 5.92 Å². The fraction of sp³-hybridized carbons (Fsp3) is 0.500. The second-order valence-corrected chi connectivity index (χ2v) is 6.86. The summed E-state index contributed by atoms with van der Waals surface area (Å²) in [7, 11) is 0. The highest BCUT2D eigenvalue weighted by Gasteiger charge is 2.46. The standard InChI is InChI=1S/C16H18BrNO3/c17-12-3-1-2-11(8-12)13-9-14(13)15(19)18-6-4-10(5-7-18)16(20)21/h1-3,8,10,13-14H,4-7,9H2,(H,20,21)/t13-,14+/m0/s1. The van der Waals surface area contributed by atoms with Crippen molar-refractivity contribution in [3.05, 3.63) is 34.3 Å². The lowest BCUT2D eigenvalue weighted by Gasteiger charge is -2.30. The molecule has 3 rings (SSSR count). The molecule has 1 aromatic rings. The molecule has 2 atom stereocenters. The molecule has 1 aliphatic carbocycles. The number of benzene rings is 1. The summed E-state index contributed by atoms with van der Waals surface area (Å²) >= 11 is 3.46. The van der Waals surface area contributed by atoms with Crippen molar-refractivity contribution in [2.45, 2.75) is 25.2 Å². The fourth-order valence-electron chi connectivity index (χ4n) is 3.15. The molecule has 0 unspecified atom stereocenters. The zero-order valence-corrected chi connectivity index (χ0v) is 13.3. The Balaban J connectivity index is 1.57. The number of nitrogens with zero attached hydrogens (tertiary/aromatic N) is 1. The van der Waals surface area contributed by atoms with E-state index in [2.05, 4.69) is 28.1 Å². The number of piperidine rings is 1. The summed E-state index contributed by atoms with van der Waals surface area (Å²) in [5.74, 6) is -0.411. The van der Waals surface area contributed by atoms with Crippen molar-refractivity contribution in [2.24, 2.45) is 11.8 Å². The second-order valence-electron chi connectivity index (χ2n) is 5.94. The first-order valence-electron chi connectivity index (χ1n) is 7.33. The topological polar surface area (TPSA) is 57.6 Å². The first-order chi connectivity index (χ1) is 10.1. The number of carboxylic acids is 1. The average Bonchev–Trinajstić information content (AvgIpc) is 3.27. The highest BCUT2D eigenvalue weighted by Crippen LogP contribution is 2.49. The summed E-state index contributed by atoms with van der Waals surface area (Å²) in [5.41, 5.74) is 1.21. The first-order valence-corrected chi connectivity index (χ1v) is 8.12. The summed E-state index contributed by atoms with van der Waals surface area (Å²) in [5, 5.41) is 8.99. The zero-order chi connectivity index (χ0) is 15.0. The molecule has 1 saturated heterocycles. The normalized spacial score (nSPS) is 25.7. The molecule has 2 aliphatic rings. The van der Waals surface area contributed by atoms with Crippen LogP contribution in [0.4, 0.5) is 0 Å². The summed E-state index contributed by atoms with van der Waals surface area (Å²) in [6, 6.07) is 8.13. The SMILES string of the molecule is O=C(O)C1CCN(C(=O)[C@@H]2C[C@H]2c2cccc(Br)c2)CC1. The van der Waals surface area contributed by atoms with Crippen LogP contribution in [-0.2, 0) is 9.59 Å². The molecule has 4 nitrogen and oxygen atoms in total. The molecule has 1 saturated carbocycles. The maximum Gasteiger partial charge on any atom is 0.306 e. The smallest absolute Gasteiger partial charge is 0.306 e. The Labute approximate surface area is 132 Å². The van der Waals surface area contributed by atoms with Crippen molar-refractivity contribution < 1.29 is 14.7 Å². The summed E-state index contributed by atoms with van der Waals surface area (Å²) in [6.45, 7) is 1.16. The average molecular weight is 352 g/mol. The minimum absolute atomic E-state index is 0.0840. The van der Waals surface area contributed by atoms with Crippen molar-refractivity contribution in [3.63, 3.8) is 0 Å². The maximum atomic E-state index is 12.5. The molecule has 0 radical (unpaired) electrons. The highest BCUT2D eigenvalue weighted by atomic mass is 79.9. The van der Waals surface area contributed by atoms with Crippen LogP contribution in [0.25, 0.3) is 0 Å². The van der Waals surface area contributed by atoms with E-state index >= 15 is 0 Å². The molecule has 0 bridgehead atoms. The van der Waals surface area contributed by atoms with E-state index in [0.717, 1.165) is 10.9 Å². The van der Waals surface area contributed by atoms with Crippen LogP contribution >= 0.6 is 15.9 Å². The van der Waals surface area contributed by atoms with Crippen LogP contribution in [-0.4, -0.2) is 35.0 Å². The van der Waals surface area contributed by atoms with Gasteiger partial charge in [-0.3, -0.25) is 9.59 Å². The molecule has 1 N–H and O–H groups in total. The van der Waals surface area contributed by atoms with Crippen LogP contribution in [0.15, 0.2) is 28.7 Å². The number of aliphatic carboxylic acids is 1. The molecule has 0 spiro atoms. The van der Waals surface area contributed by atoms with Gasteiger partial charge in [0.15, 0.2) is 0 Å². The van der Waals surface area contributed by atoms with E-state index in [1.165, 1.54) is 5.56 Å². The van der Waals surface area contributed by atoms with Gasteiger partial charge in [0, 0.05) is 23.5 Å². The Morgan fingerprint density at radius 2 is 1.95 bits per heavy atom. The Bertz CT molecular complexity index is 566. The third-order valence-electron chi connectivity index (χ3n) is 4.54. The van der Waals surface area contributed by atoms with Crippen LogP contribution in [0, 0.1) is 11.8 Å². The van der Waals surface area contributed by atoms with Gasteiger partial charge in [-0.05, 0) is 42.9 Å². The molecule has 2 fully saturated rings. The van der Waals surface area contributed by atoms with Gasteiger partial charge in [-0.15, -0.1) is 0 Å². The predicted octanol–water partition coefficient (Wildman–Crippen LogP) is 2.88. The Morgan fingerprint density at radius 1 is 1.24 bits per heavy atom. The molecular formula is C16H18BrNO3. The van der Waals surface area contributed by atoms with Crippen LogP contribution in [0.5, 0.6) is 0 Å². The summed E-state index contributed by atoms with van der Waals surface area (Å²) in [4.78, 5) is 25.3. The van der Waals surface area contributed by atoms with Crippen molar-refractivity contribution in [1.82, 2.24) is 4.90 Å². The first kappa shape index (κ1) is 14.6. The fourth-order valence-corrected chi connectivity index (χ4v) is 3.57. The summed E-state index contributed by atoms with van der Waals surface area (Å²) in [6.07, 6.45) is 2.07. The molecule has 112 valence electrons. The minimum Gasteiger partial charge on any atom is -0.481 e. The number of carbonyl (C=O) groups excluding carboxylic acids is 1. The van der Waals surface area contributed by atoms with E-state index in [9.17, 15) is 9.59 Å². The number of carbonyl (C=O) groups is 2. The van der Waals surface area contributed by atoms with Gasteiger partial charge in [0.25, 0.3) is 0 Å². The van der Waals surface area contributed by atoms with Gasteiger partial charge in [-0.1, -0.05) is 28.1 Å². The van der Waals surface area contributed by atoms with Gasteiger partial charge in [0.2, 0.25) is 5.91 Å². The molecule has 1 aromatic carbocycles. The number of carboxylic acid groups (broad SMARTS) is 1. The third-order valence-corrected chi connectivity index (χ3v) is 5.03. The van der Waals surface area contributed by atoms with Crippen LogP contribution in [0.2, 0.25) is 0 Å². The molecule has 1 aliphatic heterocycles. The molecule has 21 heavy (non-hydrogen) atoms. The lowest BCUT2D eigenvalue weighted by Crippen LogP contribution is -2.41. The Hall–Kier alpha value is -1.36. The quantitative estimate of drug-likeness (QED) is 0.910. The van der Waals surface area contributed by atoms with Crippen molar-refractivity contribution in [2.75, 3.05) is 13.1 Å². The second kappa shape index (κ2) is 5.79. The molecule has 1 amide bonds. The van der Waals surface area contributed by atoms with E-state index in [-0.39, 0.29) is 17.7 Å². The lowest BCUT2D eigenvalue weighted by molar-refractivity contribution is -0.146. The number of amides is 1. The third kappa shape index (κ3) is 3.12. The van der Waals surface area contributed by atoms with Gasteiger partial charge in [0.1, 0.15) is 0 Å². The largest absolute Gasteiger partial charge is 0.481 e. The number of halogens is 1. The number of hydrogen-bond donors (Lipinski definition) is 1. The lowest BCUT2D eigenvalue weighted by atomic mass is 9.96. The minimum atomic E-state index is -0.736. The van der Waals surface area contributed by atoms with Crippen molar-refractivity contribution in [3.8, 4) is 0 Å². The molecular weight excluding hydrogens is 334 g/mol. The van der Waals surface area contributed by atoms with Gasteiger partial charge >= 0.3 is 5.97 Å². The van der Waals surface area contributed by atoms with E-state index < -0.39 is 5.97 Å². The van der Waals surface area contributed by atoms with Crippen LogP contribution in [0.1, 0.15) is 30.7 Å². The van der Waals surface area contributed by atoms with Crippen molar-refractivity contribution >= 4 is 27.8 Å². The monoisotopic (exact) mass is 351 g/mol. The Morgan fingerprint density at radius 3 is 2.57 bits per heavy atom. The van der Waals surface area contributed by atoms with E-state index in [4.69, 9.17) is 5.11 Å². The van der Waals surface area contributed by atoms with Crippen LogP contribution in [0.3, 0.4) is 0 Å². The molecule has 5 heteroatoms. The highest BCUT2D eigenvalue weighted by molar-refractivity contribution is 9.10. The number of likely N-dealkylation sites (tertiary alicyclic amines) is 1. The van der Waals surface area contributed by atoms with Gasteiger partial charge < -0.3 is 10.0 Å². The maximum absolute atomic E-state index is 12.5. The number of rotatable bonds is 3. The van der Waals surface area contributed by atoms with Gasteiger partial charge in [-0.25, -0.2) is 0 Å². The molecule has 0 aromatic heterocycles. The number of hydrogen-bond acceptors (Lipinski definition) is 2. The van der Waals surface area contributed by atoms with E-state index in [0.29, 0.717) is 31.8 Å². The predicted molar refractivity (Wildman–Crippen MR) is 81.9 cm³/mol. The van der Waals surface area contributed by atoms with Gasteiger partial charge in [-0.2, -0.15) is 0 Å². The Kier molecular flexibility index (Phi) is 4.02. The van der Waals surface area contributed by atoms with Crippen LogP contribution < -0.4 is 0 Å². The van der Waals surface area contributed by atoms with E-state index in [1.54, 1.807) is 0 Å². The summed E-state index contributed by atoms with van der Waals surface area (Å²) < 4.78 is 1.04. The zero-order valence-electron chi connectivity index (χ0n) is 11.7.